The molecule has 0 aliphatic carbocycles. The summed E-state index contributed by atoms with van der Waals surface area (Å²) in [5.74, 6) is 0.301. The number of rotatable bonds is 2. The molecule has 1 atom stereocenters. The number of aromatic nitrogens is 1. The lowest BCUT2D eigenvalue weighted by Gasteiger charge is -2.23. The number of fused-ring (bicyclic) bond motifs is 1. The van der Waals surface area contributed by atoms with Gasteiger partial charge in [0.05, 0.1) is 4.90 Å². The molecule has 3 rings (SSSR count). The second kappa shape index (κ2) is 8.45. The van der Waals surface area contributed by atoms with Gasteiger partial charge >= 0.3 is 0 Å². The molecule has 1 saturated heterocycles. The molecule has 8 heteroatoms. The minimum absolute atomic E-state index is 0. The molecule has 1 aromatic carbocycles. The van der Waals surface area contributed by atoms with Crippen molar-refractivity contribution in [3.05, 3.63) is 36.2 Å². The number of nitrogens with zero attached hydrogens (tertiary/aromatic N) is 2. The van der Waals surface area contributed by atoms with Crippen molar-refractivity contribution in [2.24, 2.45) is 5.92 Å². The third-order valence-corrected chi connectivity index (χ3v) is 6.01. The van der Waals surface area contributed by atoms with Crippen LogP contribution in [0.1, 0.15) is 12.5 Å². The topological polar surface area (TPSA) is 62.3 Å². The summed E-state index contributed by atoms with van der Waals surface area (Å²) in [6.45, 7) is 6.57. The highest BCUT2D eigenvalue weighted by atomic mass is 35.5. The highest BCUT2D eigenvalue weighted by molar-refractivity contribution is 7.89. The molecule has 24 heavy (non-hydrogen) atoms. The Morgan fingerprint density at radius 1 is 1.25 bits per heavy atom. The van der Waals surface area contributed by atoms with Crippen molar-refractivity contribution in [1.82, 2.24) is 14.6 Å². The average Bonchev–Trinajstić information content (AvgIpc) is 2.72. The maximum Gasteiger partial charge on any atom is 0.243 e. The number of aryl methyl sites for hydroxylation is 1. The van der Waals surface area contributed by atoms with Gasteiger partial charge in [0, 0.05) is 42.8 Å². The normalized spacial score (nSPS) is 19.2. The Labute approximate surface area is 155 Å². The van der Waals surface area contributed by atoms with Gasteiger partial charge in [-0.1, -0.05) is 19.1 Å². The van der Waals surface area contributed by atoms with Crippen molar-refractivity contribution in [2.45, 2.75) is 18.7 Å². The molecule has 2 aromatic rings. The zero-order valence-electron chi connectivity index (χ0n) is 13.7. The third kappa shape index (κ3) is 4.00. The maximum atomic E-state index is 13.1. The number of hydrogen-bond donors (Lipinski definition) is 1. The number of nitrogens with one attached hydrogen (secondary N) is 1. The number of hydrogen-bond acceptors (Lipinski definition) is 4. The van der Waals surface area contributed by atoms with Crippen molar-refractivity contribution in [3.8, 4) is 0 Å². The first-order valence-corrected chi connectivity index (χ1v) is 8.98. The fourth-order valence-corrected chi connectivity index (χ4v) is 4.85. The second-order valence-electron chi connectivity index (χ2n) is 5.98. The van der Waals surface area contributed by atoms with E-state index < -0.39 is 10.0 Å². The molecule has 1 fully saturated rings. The molecule has 5 nitrogen and oxygen atoms in total. The van der Waals surface area contributed by atoms with Gasteiger partial charge in [0.25, 0.3) is 0 Å². The van der Waals surface area contributed by atoms with Crippen LogP contribution < -0.4 is 5.32 Å². The molecule has 1 aliphatic rings. The summed E-state index contributed by atoms with van der Waals surface area (Å²) < 4.78 is 27.9. The van der Waals surface area contributed by atoms with E-state index in [4.69, 9.17) is 0 Å². The van der Waals surface area contributed by atoms with E-state index in [2.05, 4.69) is 17.2 Å². The van der Waals surface area contributed by atoms with Gasteiger partial charge in [0.1, 0.15) is 0 Å². The van der Waals surface area contributed by atoms with Gasteiger partial charge < -0.3 is 5.32 Å². The Morgan fingerprint density at radius 2 is 2.00 bits per heavy atom. The van der Waals surface area contributed by atoms with Crippen LogP contribution in [-0.4, -0.2) is 43.9 Å². The Balaban J connectivity index is 0.00000144. The quantitative estimate of drug-likeness (QED) is 0.854. The van der Waals surface area contributed by atoms with Crippen LogP contribution in [0, 0.1) is 12.8 Å². The molecule has 0 bridgehead atoms. The molecule has 1 aliphatic heterocycles. The predicted molar refractivity (Wildman–Crippen MR) is 102 cm³/mol. The highest BCUT2D eigenvalue weighted by Crippen LogP contribution is 2.28. The van der Waals surface area contributed by atoms with Gasteiger partial charge in [0.2, 0.25) is 10.0 Å². The van der Waals surface area contributed by atoms with Crippen molar-refractivity contribution >= 4 is 45.6 Å². The lowest BCUT2D eigenvalue weighted by atomic mass is 10.1. The molecule has 2 heterocycles. The van der Waals surface area contributed by atoms with Crippen LogP contribution in [0.15, 0.2) is 35.5 Å². The molecular formula is C16H23Cl2N3O2S. The summed E-state index contributed by atoms with van der Waals surface area (Å²) >= 11 is 0. The number of benzene rings is 1. The van der Waals surface area contributed by atoms with Crippen LogP contribution in [0.2, 0.25) is 0 Å². The van der Waals surface area contributed by atoms with Crippen molar-refractivity contribution in [2.75, 3.05) is 26.2 Å². The van der Waals surface area contributed by atoms with Gasteiger partial charge in [-0.3, -0.25) is 4.98 Å². The second-order valence-corrected chi connectivity index (χ2v) is 7.89. The van der Waals surface area contributed by atoms with E-state index in [9.17, 15) is 8.42 Å². The third-order valence-electron chi connectivity index (χ3n) is 4.10. The summed E-state index contributed by atoms with van der Waals surface area (Å²) in [5, 5.41) is 4.93. The van der Waals surface area contributed by atoms with Crippen LogP contribution in [0.3, 0.4) is 0 Å². The lowest BCUT2D eigenvalue weighted by Crippen LogP contribution is -2.35. The largest absolute Gasteiger partial charge is 0.315 e. The smallest absolute Gasteiger partial charge is 0.243 e. The van der Waals surface area contributed by atoms with Gasteiger partial charge in [-0.2, -0.15) is 4.31 Å². The molecular weight excluding hydrogens is 369 g/mol. The fraction of sp³-hybridized carbons (Fsp3) is 0.438. The Bertz CT molecular complexity index is 794. The van der Waals surface area contributed by atoms with E-state index in [1.54, 1.807) is 28.8 Å². The molecule has 0 radical (unpaired) electrons. The van der Waals surface area contributed by atoms with Crippen molar-refractivity contribution in [1.29, 1.82) is 0 Å². The SMILES string of the molecule is Cc1cncc2cccc(S(=O)(=O)N3CCNCC(C)C3)c12.Cl.Cl. The van der Waals surface area contributed by atoms with Crippen molar-refractivity contribution < 1.29 is 8.42 Å². The Morgan fingerprint density at radius 3 is 2.75 bits per heavy atom. The summed E-state index contributed by atoms with van der Waals surface area (Å²) in [6, 6.07) is 5.39. The predicted octanol–water partition coefficient (Wildman–Crippen LogP) is 2.62. The van der Waals surface area contributed by atoms with Gasteiger partial charge in [-0.25, -0.2) is 8.42 Å². The van der Waals surface area contributed by atoms with Crippen LogP contribution in [0.25, 0.3) is 10.8 Å². The summed E-state index contributed by atoms with van der Waals surface area (Å²) in [4.78, 5) is 4.54. The molecule has 1 unspecified atom stereocenters. The first-order valence-electron chi connectivity index (χ1n) is 7.54. The lowest BCUT2D eigenvalue weighted by molar-refractivity contribution is 0.392. The van der Waals surface area contributed by atoms with E-state index >= 15 is 0 Å². The van der Waals surface area contributed by atoms with E-state index in [1.807, 2.05) is 13.0 Å². The van der Waals surface area contributed by atoms with Crippen molar-refractivity contribution in [3.63, 3.8) is 0 Å². The van der Waals surface area contributed by atoms with E-state index in [1.165, 1.54) is 0 Å². The van der Waals surface area contributed by atoms with Gasteiger partial charge in [0.15, 0.2) is 0 Å². The van der Waals surface area contributed by atoms with Crippen LogP contribution in [-0.2, 0) is 10.0 Å². The molecule has 0 spiro atoms. The van der Waals surface area contributed by atoms with Crippen LogP contribution in [0.5, 0.6) is 0 Å². The zero-order chi connectivity index (χ0) is 15.7. The molecule has 134 valence electrons. The molecule has 0 amide bonds. The van der Waals surface area contributed by atoms with E-state index in [-0.39, 0.29) is 24.8 Å². The van der Waals surface area contributed by atoms with E-state index in [0.29, 0.717) is 30.4 Å². The molecule has 1 aromatic heterocycles. The standard InChI is InChI=1S/C16H21N3O2S.2ClH/c1-12-8-17-6-7-19(11-12)22(20,21)15-5-3-4-14-10-18-9-13(2)16(14)15;;/h3-5,9-10,12,17H,6-8,11H2,1-2H3;2*1H. The van der Waals surface area contributed by atoms with Gasteiger partial charge in [-0.15, -0.1) is 24.8 Å². The number of sulfonamides is 1. The minimum Gasteiger partial charge on any atom is -0.315 e. The highest BCUT2D eigenvalue weighted by Gasteiger charge is 2.29. The van der Waals surface area contributed by atoms with Crippen LogP contribution in [0.4, 0.5) is 0 Å². The summed E-state index contributed by atoms with van der Waals surface area (Å²) in [5.41, 5.74) is 0.887. The maximum absolute atomic E-state index is 13.1. The zero-order valence-corrected chi connectivity index (χ0v) is 16.2. The first kappa shape index (κ1) is 21.1. The molecule has 0 saturated carbocycles. The first-order chi connectivity index (χ1) is 10.5. The minimum atomic E-state index is -3.50. The summed E-state index contributed by atoms with van der Waals surface area (Å²) in [7, 11) is -3.50. The number of pyridine rings is 1. The monoisotopic (exact) mass is 391 g/mol. The van der Waals surface area contributed by atoms with Crippen LogP contribution >= 0.6 is 24.8 Å². The molecule has 1 N–H and O–H groups in total. The Kier molecular flexibility index (Phi) is 7.44. The van der Waals surface area contributed by atoms with E-state index in [0.717, 1.165) is 22.9 Å². The van der Waals surface area contributed by atoms with Gasteiger partial charge in [-0.05, 0) is 31.0 Å². The fourth-order valence-electron chi connectivity index (χ4n) is 3.00. The average molecular weight is 392 g/mol. The Hall–Kier alpha value is -0.920. The number of halogens is 2. The summed E-state index contributed by atoms with van der Waals surface area (Å²) in [6.07, 6.45) is 3.43.